The number of anilines is 1. The third kappa shape index (κ3) is 3.53. The van der Waals surface area contributed by atoms with Crippen LogP contribution in [0.5, 0.6) is 0 Å². The van der Waals surface area contributed by atoms with E-state index >= 15 is 0 Å². The minimum Gasteiger partial charge on any atom is -0.328 e. The van der Waals surface area contributed by atoms with Crippen molar-refractivity contribution < 1.29 is 13.6 Å². The summed E-state index contributed by atoms with van der Waals surface area (Å²) in [7, 11) is 0. The molecule has 0 unspecified atom stereocenters. The van der Waals surface area contributed by atoms with Crippen LogP contribution in [0.15, 0.2) is 24.5 Å². The second-order valence-electron chi connectivity index (χ2n) is 4.42. The highest BCUT2D eigenvalue weighted by molar-refractivity contribution is 5.89. The standard InChI is InChI=1S/C13H15F2N5O/c1-3-20-7-16-19-12(20)8(2)17-13(21)18-11-5-4-9(14)6-10(11)15/h4-8H,3H2,1-2H3,(H2,17,18,21)/t8-/m0/s1. The summed E-state index contributed by atoms with van der Waals surface area (Å²) in [5.41, 5.74) is -0.0990. The molecule has 0 radical (unpaired) electrons. The highest BCUT2D eigenvalue weighted by atomic mass is 19.1. The van der Waals surface area contributed by atoms with Crippen LogP contribution in [-0.2, 0) is 6.54 Å². The summed E-state index contributed by atoms with van der Waals surface area (Å²) in [6, 6.07) is 1.90. The Morgan fingerprint density at radius 1 is 1.43 bits per heavy atom. The van der Waals surface area contributed by atoms with Crippen molar-refractivity contribution in [2.24, 2.45) is 0 Å². The number of carbonyl (C=O) groups excluding carboxylic acids is 1. The molecule has 0 bridgehead atoms. The summed E-state index contributed by atoms with van der Waals surface area (Å²) >= 11 is 0. The average molecular weight is 295 g/mol. The zero-order chi connectivity index (χ0) is 15.4. The number of benzene rings is 1. The van der Waals surface area contributed by atoms with Crippen molar-refractivity contribution in [3.63, 3.8) is 0 Å². The van der Waals surface area contributed by atoms with Gasteiger partial charge in [-0.05, 0) is 26.0 Å². The Labute approximate surface area is 120 Å². The molecule has 0 saturated heterocycles. The van der Waals surface area contributed by atoms with E-state index in [0.717, 1.165) is 12.1 Å². The minimum atomic E-state index is -0.838. The molecule has 1 atom stereocenters. The van der Waals surface area contributed by atoms with Gasteiger partial charge < -0.3 is 15.2 Å². The van der Waals surface area contributed by atoms with Gasteiger partial charge in [-0.15, -0.1) is 10.2 Å². The molecule has 0 aliphatic heterocycles. The lowest BCUT2D eigenvalue weighted by Crippen LogP contribution is -2.32. The molecule has 2 amide bonds. The SMILES string of the molecule is CCn1cnnc1[C@H](C)NC(=O)Nc1ccc(F)cc1F. The molecule has 1 aromatic carbocycles. The van der Waals surface area contributed by atoms with Gasteiger partial charge in [0.1, 0.15) is 18.0 Å². The number of aromatic nitrogens is 3. The number of urea groups is 1. The fourth-order valence-corrected chi connectivity index (χ4v) is 1.85. The van der Waals surface area contributed by atoms with E-state index < -0.39 is 23.7 Å². The molecule has 2 rings (SSSR count). The number of nitrogens with one attached hydrogen (secondary N) is 2. The number of hydrogen-bond donors (Lipinski definition) is 2. The zero-order valence-corrected chi connectivity index (χ0v) is 11.6. The lowest BCUT2D eigenvalue weighted by molar-refractivity contribution is 0.248. The van der Waals surface area contributed by atoms with Crippen molar-refractivity contribution in [2.75, 3.05) is 5.32 Å². The number of carbonyl (C=O) groups is 1. The molecule has 1 heterocycles. The second kappa shape index (κ2) is 6.29. The molecule has 112 valence electrons. The quantitative estimate of drug-likeness (QED) is 0.910. The third-order valence-electron chi connectivity index (χ3n) is 2.90. The average Bonchev–Trinajstić information content (AvgIpc) is 2.90. The van der Waals surface area contributed by atoms with Gasteiger partial charge in [0.15, 0.2) is 5.82 Å². The largest absolute Gasteiger partial charge is 0.328 e. The Bertz CT molecular complexity index is 643. The molecule has 2 aromatic rings. The highest BCUT2D eigenvalue weighted by Crippen LogP contribution is 2.15. The van der Waals surface area contributed by atoms with Crippen LogP contribution in [0.2, 0.25) is 0 Å². The summed E-state index contributed by atoms with van der Waals surface area (Å²) in [6.45, 7) is 4.33. The number of amides is 2. The normalized spacial score (nSPS) is 12.0. The van der Waals surface area contributed by atoms with E-state index in [-0.39, 0.29) is 5.69 Å². The van der Waals surface area contributed by atoms with Gasteiger partial charge in [-0.3, -0.25) is 0 Å². The Kier molecular flexibility index (Phi) is 4.46. The number of rotatable bonds is 4. The van der Waals surface area contributed by atoms with E-state index in [0.29, 0.717) is 18.4 Å². The summed E-state index contributed by atoms with van der Waals surface area (Å²) in [6.07, 6.45) is 1.56. The first-order valence-corrected chi connectivity index (χ1v) is 6.41. The topological polar surface area (TPSA) is 71.8 Å². The van der Waals surface area contributed by atoms with Gasteiger partial charge >= 0.3 is 6.03 Å². The van der Waals surface area contributed by atoms with Gasteiger partial charge in [-0.25, -0.2) is 13.6 Å². The Morgan fingerprint density at radius 3 is 2.86 bits per heavy atom. The number of hydrogen-bond acceptors (Lipinski definition) is 3. The summed E-state index contributed by atoms with van der Waals surface area (Å²) in [5.74, 6) is -0.954. The van der Waals surface area contributed by atoms with E-state index in [2.05, 4.69) is 20.8 Å². The predicted molar refractivity (Wildman–Crippen MR) is 72.6 cm³/mol. The van der Waals surface area contributed by atoms with E-state index in [1.165, 1.54) is 0 Å². The maximum absolute atomic E-state index is 13.4. The predicted octanol–water partition coefficient (Wildman–Crippen LogP) is 2.46. The number of nitrogens with zero attached hydrogens (tertiary/aromatic N) is 3. The molecule has 0 saturated carbocycles. The lowest BCUT2D eigenvalue weighted by atomic mass is 10.3. The van der Waals surface area contributed by atoms with E-state index in [9.17, 15) is 13.6 Å². The van der Waals surface area contributed by atoms with Crippen molar-refractivity contribution in [2.45, 2.75) is 26.4 Å². The van der Waals surface area contributed by atoms with Crippen molar-refractivity contribution in [3.8, 4) is 0 Å². The van der Waals surface area contributed by atoms with Crippen LogP contribution >= 0.6 is 0 Å². The summed E-state index contributed by atoms with van der Waals surface area (Å²) < 4.78 is 28.0. The molecular weight excluding hydrogens is 280 g/mol. The lowest BCUT2D eigenvalue weighted by Gasteiger charge is -2.15. The van der Waals surface area contributed by atoms with Crippen LogP contribution in [0, 0.1) is 11.6 Å². The fourth-order valence-electron chi connectivity index (χ4n) is 1.85. The van der Waals surface area contributed by atoms with Crippen LogP contribution in [-0.4, -0.2) is 20.8 Å². The molecule has 1 aromatic heterocycles. The fraction of sp³-hybridized carbons (Fsp3) is 0.308. The summed E-state index contributed by atoms with van der Waals surface area (Å²) in [4.78, 5) is 11.8. The van der Waals surface area contributed by atoms with E-state index in [1.54, 1.807) is 17.8 Å². The van der Waals surface area contributed by atoms with Crippen LogP contribution in [0.3, 0.4) is 0 Å². The zero-order valence-electron chi connectivity index (χ0n) is 11.6. The minimum absolute atomic E-state index is 0.0990. The van der Waals surface area contributed by atoms with Gasteiger partial charge in [-0.2, -0.15) is 0 Å². The number of halogens is 2. The van der Waals surface area contributed by atoms with Gasteiger partial charge in [0.2, 0.25) is 0 Å². The Hall–Kier alpha value is -2.51. The molecule has 0 fully saturated rings. The van der Waals surface area contributed by atoms with Gasteiger partial charge in [0.05, 0.1) is 11.7 Å². The Balaban J connectivity index is 2.01. The molecular formula is C13H15F2N5O. The van der Waals surface area contributed by atoms with Crippen LogP contribution in [0.1, 0.15) is 25.7 Å². The molecule has 0 aliphatic carbocycles. The maximum Gasteiger partial charge on any atom is 0.319 e. The smallest absolute Gasteiger partial charge is 0.319 e. The van der Waals surface area contributed by atoms with E-state index in [1.807, 2.05) is 6.92 Å². The first-order valence-electron chi connectivity index (χ1n) is 6.41. The maximum atomic E-state index is 13.4. The van der Waals surface area contributed by atoms with Gasteiger partial charge in [0.25, 0.3) is 0 Å². The molecule has 21 heavy (non-hydrogen) atoms. The highest BCUT2D eigenvalue weighted by Gasteiger charge is 2.16. The second-order valence-corrected chi connectivity index (χ2v) is 4.42. The van der Waals surface area contributed by atoms with Crippen molar-refractivity contribution in [3.05, 3.63) is 42.0 Å². The van der Waals surface area contributed by atoms with Crippen molar-refractivity contribution >= 4 is 11.7 Å². The van der Waals surface area contributed by atoms with Crippen LogP contribution < -0.4 is 10.6 Å². The Morgan fingerprint density at radius 2 is 2.19 bits per heavy atom. The summed E-state index contributed by atoms with van der Waals surface area (Å²) in [5, 5.41) is 12.6. The molecule has 8 heteroatoms. The van der Waals surface area contributed by atoms with Crippen LogP contribution in [0.4, 0.5) is 19.3 Å². The van der Waals surface area contributed by atoms with Gasteiger partial charge in [-0.1, -0.05) is 0 Å². The molecule has 2 N–H and O–H groups in total. The number of aryl methyl sites for hydroxylation is 1. The van der Waals surface area contributed by atoms with Crippen LogP contribution in [0.25, 0.3) is 0 Å². The monoisotopic (exact) mass is 295 g/mol. The van der Waals surface area contributed by atoms with Crippen molar-refractivity contribution in [1.82, 2.24) is 20.1 Å². The van der Waals surface area contributed by atoms with Gasteiger partial charge in [0, 0.05) is 12.6 Å². The first kappa shape index (κ1) is 14.9. The van der Waals surface area contributed by atoms with Crippen molar-refractivity contribution in [1.29, 1.82) is 0 Å². The van der Waals surface area contributed by atoms with E-state index in [4.69, 9.17) is 0 Å². The molecule has 6 nitrogen and oxygen atoms in total. The third-order valence-corrected chi connectivity index (χ3v) is 2.90. The molecule has 0 aliphatic rings. The molecule has 0 spiro atoms. The first-order chi connectivity index (χ1) is 10.0.